The molecule has 188 valence electrons. The highest BCUT2D eigenvalue weighted by molar-refractivity contribution is 9.10. The average molecular weight is 565 g/mol. The Morgan fingerprint density at radius 2 is 1.91 bits per heavy atom. The summed E-state index contributed by atoms with van der Waals surface area (Å²) in [6.45, 7) is 7.61. The van der Waals surface area contributed by atoms with Crippen LogP contribution in [0.1, 0.15) is 40.0 Å². The van der Waals surface area contributed by atoms with Crippen molar-refractivity contribution in [1.29, 1.82) is 0 Å². The first-order chi connectivity index (χ1) is 16.5. The quantitative estimate of drug-likeness (QED) is 0.373. The summed E-state index contributed by atoms with van der Waals surface area (Å²) in [6.07, 6.45) is 3.83. The van der Waals surface area contributed by atoms with Gasteiger partial charge < -0.3 is 30.2 Å². The normalized spacial score (nSPS) is 15.0. The Balaban J connectivity index is 1.49. The van der Waals surface area contributed by atoms with Crippen molar-refractivity contribution in [2.24, 2.45) is 5.92 Å². The molecule has 0 atom stereocenters. The number of nitrogens with two attached hydrogens (primary N) is 1. The van der Waals surface area contributed by atoms with Crippen molar-refractivity contribution in [3.63, 3.8) is 0 Å². The highest BCUT2D eigenvalue weighted by Gasteiger charge is 2.27. The topological polar surface area (TPSA) is 140 Å². The van der Waals surface area contributed by atoms with Crippen LogP contribution in [-0.4, -0.2) is 59.4 Å². The third-order valence-electron chi connectivity index (χ3n) is 5.78. The summed E-state index contributed by atoms with van der Waals surface area (Å²) in [4.78, 5) is 28.0. The molecular formula is C23H29BrN6O4S. The van der Waals surface area contributed by atoms with Crippen LogP contribution in [0, 0.1) is 5.92 Å². The predicted molar refractivity (Wildman–Crippen MR) is 136 cm³/mol. The Bertz CT molecular complexity index is 1240. The van der Waals surface area contributed by atoms with Gasteiger partial charge in [-0.25, -0.2) is 19.7 Å². The molecule has 1 aromatic carbocycles. The van der Waals surface area contributed by atoms with E-state index in [0.717, 1.165) is 19.3 Å². The van der Waals surface area contributed by atoms with Gasteiger partial charge in [0.05, 0.1) is 0 Å². The third kappa shape index (κ3) is 5.92. The van der Waals surface area contributed by atoms with Crippen LogP contribution in [0.4, 0.5) is 10.6 Å². The number of nitrogen functional groups attached to an aromatic ring is 1. The van der Waals surface area contributed by atoms with E-state index in [1.807, 2.05) is 25.3 Å². The molecule has 3 heterocycles. The molecule has 0 spiro atoms. The average Bonchev–Trinajstić information content (AvgIpc) is 3.13. The molecule has 0 radical (unpaired) electrons. The van der Waals surface area contributed by atoms with Gasteiger partial charge >= 0.3 is 6.09 Å². The second-order valence-corrected chi connectivity index (χ2v) is 11.4. The first-order valence-electron chi connectivity index (χ1n) is 11.4. The molecule has 1 fully saturated rings. The van der Waals surface area contributed by atoms with Crippen molar-refractivity contribution >= 4 is 50.8 Å². The number of anilines is 1. The first kappa shape index (κ1) is 25.4. The zero-order chi connectivity index (χ0) is 25.3. The van der Waals surface area contributed by atoms with E-state index in [-0.39, 0.29) is 17.6 Å². The van der Waals surface area contributed by atoms with E-state index in [2.05, 4.69) is 30.9 Å². The zero-order valence-electron chi connectivity index (χ0n) is 19.9. The van der Waals surface area contributed by atoms with Crippen LogP contribution in [0.3, 0.4) is 0 Å². The molecular weight excluding hydrogens is 536 g/mol. The van der Waals surface area contributed by atoms with E-state index in [4.69, 9.17) is 10.5 Å². The van der Waals surface area contributed by atoms with Gasteiger partial charge in [0.2, 0.25) is 0 Å². The predicted octanol–water partition coefficient (Wildman–Crippen LogP) is 4.77. The van der Waals surface area contributed by atoms with E-state index in [0.29, 0.717) is 57.1 Å². The minimum Gasteiger partial charge on any atom is -0.504 e. The molecule has 4 N–H and O–H groups in total. The molecule has 1 aliphatic rings. The highest BCUT2D eigenvalue weighted by atomic mass is 79.9. The fourth-order valence-corrected chi connectivity index (χ4v) is 5.49. The number of amides is 1. The maximum atomic E-state index is 12.4. The van der Waals surface area contributed by atoms with Gasteiger partial charge in [0, 0.05) is 29.0 Å². The second-order valence-electron chi connectivity index (χ2n) is 9.55. The maximum Gasteiger partial charge on any atom is 0.410 e. The van der Waals surface area contributed by atoms with Crippen LogP contribution in [0.25, 0.3) is 11.2 Å². The number of rotatable bonds is 5. The lowest BCUT2D eigenvalue weighted by atomic mass is 9.94. The first-order valence-corrected chi connectivity index (χ1v) is 13.0. The summed E-state index contributed by atoms with van der Waals surface area (Å²) in [7, 11) is 0. The summed E-state index contributed by atoms with van der Waals surface area (Å²) < 4.78 is 8.14. The molecule has 3 aromatic rings. The van der Waals surface area contributed by atoms with E-state index < -0.39 is 5.60 Å². The number of carbonyl (C=O) groups is 1. The molecule has 1 saturated heterocycles. The number of fused-ring (bicyclic) bond motifs is 1. The minimum atomic E-state index is -0.503. The van der Waals surface area contributed by atoms with E-state index >= 15 is 0 Å². The van der Waals surface area contributed by atoms with Crippen molar-refractivity contribution in [2.45, 2.75) is 62.2 Å². The van der Waals surface area contributed by atoms with Gasteiger partial charge in [-0.3, -0.25) is 0 Å². The number of piperidine rings is 1. The molecule has 0 aliphatic carbocycles. The van der Waals surface area contributed by atoms with Crippen LogP contribution in [-0.2, 0) is 11.3 Å². The fraction of sp³-hybridized carbons (Fsp3) is 0.478. The SMILES string of the molecule is CC(C)(C)OC(=O)N1CCC(CCn2c(Sc3cc(O)c(O)cc3Br)nc3c(N)ncnc32)CC1. The lowest BCUT2D eigenvalue weighted by Gasteiger charge is -2.33. The number of aromatic hydroxyl groups is 2. The molecule has 10 nitrogen and oxygen atoms in total. The number of aryl methyl sites for hydroxylation is 1. The summed E-state index contributed by atoms with van der Waals surface area (Å²) in [5.74, 6) is 0.318. The Labute approximate surface area is 216 Å². The molecule has 4 rings (SSSR count). The van der Waals surface area contributed by atoms with Crippen LogP contribution < -0.4 is 5.73 Å². The Morgan fingerprint density at radius 1 is 1.23 bits per heavy atom. The Morgan fingerprint density at radius 3 is 2.60 bits per heavy atom. The van der Waals surface area contributed by atoms with E-state index in [1.54, 1.807) is 4.90 Å². The van der Waals surface area contributed by atoms with E-state index in [9.17, 15) is 15.0 Å². The standard InChI is InChI=1S/C23H29BrN6O4S/c1-23(2,3)34-22(33)29-7-4-13(5-8-29)6-9-30-20-18(19(25)26-12-27-20)28-21(30)35-17-11-16(32)15(31)10-14(17)24/h10-13,31-32H,4-9H2,1-3H3,(H2,25,26,27). The summed E-state index contributed by atoms with van der Waals surface area (Å²) in [6, 6.07) is 2.92. The number of aromatic nitrogens is 4. The van der Waals surface area contributed by atoms with Gasteiger partial charge in [-0.15, -0.1) is 0 Å². The number of nitrogens with zero attached hydrogens (tertiary/aromatic N) is 5. The molecule has 2 aromatic heterocycles. The minimum absolute atomic E-state index is 0.206. The van der Waals surface area contributed by atoms with Crippen LogP contribution >= 0.6 is 27.7 Å². The number of carbonyl (C=O) groups excluding carboxylic acids is 1. The van der Waals surface area contributed by atoms with Gasteiger partial charge in [0.25, 0.3) is 0 Å². The zero-order valence-corrected chi connectivity index (χ0v) is 22.3. The lowest BCUT2D eigenvalue weighted by Crippen LogP contribution is -2.41. The molecule has 1 aliphatic heterocycles. The number of likely N-dealkylation sites (tertiary alicyclic amines) is 1. The number of phenolic OH excluding ortho intramolecular Hbond substituents is 2. The molecule has 0 saturated carbocycles. The third-order valence-corrected chi connectivity index (χ3v) is 7.75. The second kappa shape index (κ2) is 10.1. The van der Waals surface area contributed by atoms with E-state index in [1.165, 1.54) is 30.2 Å². The van der Waals surface area contributed by atoms with Gasteiger partial charge in [-0.2, -0.15) is 0 Å². The van der Waals surface area contributed by atoms with Crippen molar-refractivity contribution in [2.75, 3.05) is 18.8 Å². The monoisotopic (exact) mass is 564 g/mol. The summed E-state index contributed by atoms with van der Waals surface area (Å²) in [5, 5.41) is 20.4. The lowest BCUT2D eigenvalue weighted by molar-refractivity contribution is 0.0179. The molecule has 0 bridgehead atoms. The number of ether oxygens (including phenoxy) is 1. The number of phenols is 2. The summed E-state index contributed by atoms with van der Waals surface area (Å²) >= 11 is 4.77. The van der Waals surface area contributed by atoms with Crippen molar-refractivity contribution < 1.29 is 19.7 Å². The number of benzene rings is 1. The summed E-state index contributed by atoms with van der Waals surface area (Å²) in [5.41, 5.74) is 6.73. The fourth-order valence-electron chi connectivity index (χ4n) is 3.96. The molecule has 0 unspecified atom stereocenters. The van der Waals surface area contributed by atoms with Gasteiger partial charge in [-0.1, -0.05) is 11.8 Å². The molecule has 35 heavy (non-hydrogen) atoms. The van der Waals surface area contributed by atoms with Crippen molar-refractivity contribution in [1.82, 2.24) is 24.4 Å². The largest absolute Gasteiger partial charge is 0.504 e. The number of imidazole rings is 1. The van der Waals surface area contributed by atoms with Crippen molar-refractivity contribution in [3.05, 3.63) is 22.9 Å². The molecule has 1 amide bonds. The highest BCUT2D eigenvalue weighted by Crippen LogP contribution is 2.40. The Kier molecular flexibility index (Phi) is 7.32. The van der Waals surface area contributed by atoms with Gasteiger partial charge in [0.15, 0.2) is 33.6 Å². The van der Waals surface area contributed by atoms with Gasteiger partial charge in [0.1, 0.15) is 11.9 Å². The smallest absolute Gasteiger partial charge is 0.410 e. The molecule has 12 heteroatoms. The maximum absolute atomic E-state index is 12.4. The van der Waals surface area contributed by atoms with Gasteiger partial charge in [-0.05, 0) is 74.0 Å². The van der Waals surface area contributed by atoms with Crippen molar-refractivity contribution in [3.8, 4) is 11.5 Å². The number of halogens is 1. The number of hydrogen-bond donors (Lipinski definition) is 3. The van der Waals surface area contributed by atoms with Crippen LogP contribution in [0.15, 0.2) is 33.0 Å². The Hall–Kier alpha value is -2.73. The van der Waals surface area contributed by atoms with Crippen LogP contribution in [0.2, 0.25) is 0 Å². The van der Waals surface area contributed by atoms with Crippen LogP contribution in [0.5, 0.6) is 11.5 Å². The number of hydrogen-bond acceptors (Lipinski definition) is 9.